The van der Waals surface area contributed by atoms with Crippen LogP contribution in [0.4, 0.5) is 10.5 Å². The summed E-state index contributed by atoms with van der Waals surface area (Å²) in [7, 11) is -0.750. The van der Waals surface area contributed by atoms with E-state index in [-0.39, 0.29) is 4.90 Å². The average Bonchev–Trinajstić information content (AvgIpc) is 2.37. The number of rotatable bonds is 5. The molecule has 0 radical (unpaired) electrons. The van der Waals surface area contributed by atoms with E-state index in [0.717, 1.165) is 4.31 Å². The van der Waals surface area contributed by atoms with Gasteiger partial charge in [-0.1, -0.05) is 6.07 Å². The summed E-state index contributed by atoms with van der Waals surface area (Å²) in [6.45, 7) is 1.46. The maximum atomic E-state index is 12.0. The Labute approximate surface area is 123 Å². The van der Waals surface area contributed by atoms with Crippen molar-refractivity contribution in [3.8, 4) is 0 Å². The maximum absolute atomic E-state index is 12.0. The molecule has 0 aliphatic heterocycles. The molecule has 8 nitrogen and oxygen atoms in total. The van der Waals surface area contributed by atoms with Gasteiger partial charge in [0.25, 0.3) is 0 Å². The fraction of sp³-hybridized carbons (Fsp3) is 0.333. The number of amides is 3. The summed E-state index contributed by atoms with van der Waals surface area (Å²) in [5, 5.41) is 4.73. The summed E-state index contributed by atoms with van der Waals surface area (Å²) in [5.74, 6) is -0.506. The molecule has 0 aliphatic carbocycles. The van der Waals surface area contributed by atoms with Crippen LogP contribution < -0.4 is 16.4 Å². The lowest BCUT2D eigenvalue weighted by Crippen LogP contribution is -2.44. The Morgan fingerprint density at radius 1 is 1.29 bits per heavy atom. The summed E-state index contributed by atoms with van der Waals surface area (Å²) in [4.78, 5) is 22.5. The number of nitrogens with two attached hydrogens (primary N) is 1. The molecule has 1 rings (SSSR count). The van der Waals surface area contributed by atoms with Crippen molar-refractivity contribution in [1.82, 2.24) is 9.62 Å². The quantitative estimate of drug-likeness (QED) is 0.704. The molecule has 9 heteroatoms. The van der Waals surface area contributed by atoms with Crippen molar-refractivity contribution in [2.24, 2.45) is 5.73 Å². The van der Waals surface area contributed by atoms with E-state index >= 15 is 0 Å². The third-order valence-corrected chi connectivity index (χ3v) is 4.44. The van der Waals surface area contributed by atoms with Crippen LogP contribution in [0.1, 0.15) is 6.92 Å². The van der Waals surface area contributed by atoms with Gasteiger partial charge in [0.1, 0.15) is 6.04 Å². The third-order valence-electron chi connectivity index (χ3n) is 2.63. The standard InChI is InChI=1S/C12H18N4O4S/c1-8(14-12(13)18)11(17)15-9-5-4-6-10(7-9)21(19,20)16(2)3/h4-8H,1-3H3,(H,15,17)(H3,13,14,18)/t8-/m1/s1. The molecule has 0 fully saturated rings. The lowest BCUT2D eigenvalue weighted by Gasteiger charge is -2.14. The summed E-state index contributed by atoms with van der Waals surface area (Å²) in [6.07, 6.45) is 0. The van der Waals surface area contributed by atoms with E-state index in [9.17, 15) is 18.0 Å². The highest BCUT2D eigenvalue weighted by Crippen LogP contribution is 2.18. The summed E-state index contributed by atoms with van der Waals surface area (Å²) >= 11 is 0. The van der Waals surface area contributed by atoms with Crippen LogP contribution in [0.15, 0.2) is 29.2 Å². The zero-order valence-electron chi connectivity index (χ0n) is 12.0. The van der Waals surface area contributed by atoms with Crippen molar-refractivity contribution in [3.05, 3.63) is 24.3 Å². The Kier molecular flexibility index (Phi) is 5.28. The molecular weight excluding hydrogens is 296 g/mol. The number of hydrogen-bond donors (Lipinski definition) is 3. The first kappa shape index (κ1) is 16.9. The fourth-order valence-electron chi connectivity index (χ4n) is 1.47. The van der Waals surface area contributed by atoms with E-state index < -0.39 is 28.0 Å². The van der Waals surface area contributed by atoms with E-state index in [1.165, 1.54) is 39.2 Å². The van der Waals surface area contributed by atoms with Crippen LogP contribution in [0.3, 0.4) is 0 Å². The molecule has 21 heavy (non-hydrogen) atoms. The molecule has 1 atom stereocenters. The summed E-state index contributed by atoms with van der Waals surface area (Å²) in [5.41, 5.74) is 5.23. The normalized spacial score (nSPS) is 12.8. The molecule has 0 aromatic heterocycles. The Morgan fingerprint density at radius 3 is 2.43 bits per heavy atom. The molecular formula is C12H18N4O4S. The Bertz CT molecular complexity index is 642. The van der Waals surface area contributed by atoms with E-state index in [4.69, 9.17) is 5.73 Å². The monoisotopic (exact) mass is 314 g/mol. The maximum Gasteiger partial charge on any atom is 0.312 e. The Balaban J connectivity index is 2.92. The minimum absolute atomic E-state index is 0.0563. The lowest BCUT2D eigenvalue weighted by atomic mass is 10.2. The van der Waals surface area contributed by atoms with Crippen molar-refractivity contribution in [1.29, 1.82) is 0 Å². The van der Waals surface area contributed by atoms with Gasteiger partial charge >= 0.3 is 6.03 Å². The van der Waals surface area contributed by atoms with Crippen LogP contribution in [0.25, 0.3) is 0 Å². The number of carbonyl (C=O) groups is 2. The molecule has 0 heterocycles. The summed E-state index contributed by atoms with van der Waals surface area (Å²) < 4.78 is 25.1. The number of sulfonamides is 1. The van der Waals surface area contributed by atoms with E-state index in [1.54, 1.807) is 6.07 Å². The number of nitrogens with zero attached hydrogens (tertiary/aromatic N) is 1. The van der Waals surface area contributed by atoms with Gasteiger partial charge in [0.05, 0.1) is 4.90 Å². The van der Waals surface area contributed by atoms with Crippen molar-refractivity contribution in [2.45, 2.75) is 17.9 Å². The molecule has 116 valence electrons. The highest BCUT2D eigenvalue weighted by Gasteiger charge is 2.19. The number of primary amides is 1. The highest BCUT2D eigenvalue weighted by molar-refractivity contribution is 7.89. The van der Waals surface area contributed by atoms with Crippen molar-refractivity contribution < 1.29 is 18.0 Å². The van der Waals surface area contributed by atoms with Gasteiger partial charge in [0.15, 0.2) is 0 Å². The van der Waals surface area contributed by atoms with Gasteiger partial charge in [-0.3, -0.25) is 4.79 Å². The fourth-order valence-corrected chi connectivity index (χ4v) is 2.42. The van der Waals surface area contributed by atoms with Crippen LogP contribution in [-0.2, 0) is 14.8 Å². The summed E-state index contributed by atoms with van der Waals surface area (Å²) in [6, 6.07) is 4.17. The predicted molar refractivity (Wildman–Crippen MR) is 78.1 cm³/mol. The van der Waals surface area contributed by atoms with Gasteiger partial charge < -0.3 is 16.4 Å². The van der Waals surface area contributed by atoms with Gasteiger partial charge in [-0.15, -0.1) is 0 Å². The first-order valence-corrected chi connectivity index (χ1v) is 7.48. The molecule has 0 aliphatic rings. The number of nitrogens with one attached hydrogen (secondary N) is 2. The van der Waals surface area contributed by atoms with Gasteiger partial charge in [-0.05, 0) is 25.1 Å². The number of anilines is 1. The van der Waals surface area contributed by atoms with Crippen molar-refractivity contribution in [2.75, 3.05) is 19.4 Å². The van der Waals surface area contributed by atoms with E-state index in [1.807, 2.05) is 0 Å². The third kappa shape index (κ3) is 4.43. The topological polar surface area (TPSA) is 122 Å². The van der Waals surface area contributed by atoms with Crippen molar-refractivity contribution >= 4 is 27.6 Å². The van der Waals surface area contributed by atoms with Gasteiger partial charge in [-0.25, -0.2) is 17.5 Å². The van der Waals surface area contributed by atoms with Crippen LogP contribution in [0, 0.1) is 0 Å². The van der Waals surface area contributed by atoms with E-state index in [0.29, 0.717) is 5.69 Å². The number of urea groups is 1. The number of hydrogen-bond acceptors (Lipinski definition) is 4. The first-order chi connectivity index (χ1) is 9.64. The minimum atomic E-state index is -3.58. The zero-order valence-corrected chi connectivity index (χ0v) is 12.8. The second kappa shape index (κ2) is 6.55. The molecule has 4 N–H and O–H groups in total. The van der Waals surface area contributed by atoms with E-state index in [2.05, 4.69) is 10.6 Å². The SMILES string of the molecule is C[C@@H](NC(N)=O)C(=O)Nc1cccc(S(=O)(=O)N(C)C)c1. The van der Waals surface area contributed by atoms with Crippen LogP contribution in [-0.4, -0.2) is 44.8 Å². The number of benzene rings is 1. The van der Waals surface area contributed by atoms with Crippen LogP contribution >= 0.6 is 0 Å². The highest BCUT2D eigenvalue weighted by atomic mass is 32.2. The van der Waals surface area contributed by atoms with Gasteiger partial charge in [0.2, 0.25) is 15.9 Å². The van der Waals surface area contributed by atoms with Crippen molar-refractivity contribution in [3.63, 3.8) is 0 Å². The largest absolute Gasteiger partial charge is 0.352 e. The van der Waals surface area contributed by atoms with Gasteiger partial charge in [0, 0.05) is 19.8 Å². The average molecular weight is 314 g/mol. The predicted octanol–water partition coefficient (Wildman–Crippen LogP) is -0.0678. The second-order valence-electron chi connectivity index (χ2n) is 4.53. The lowest BCUT2D eigenvalue weighted by molar-refractivity contribution is -0.117. The zero-order chi connectivity index (χ0) is 16.2. The molecule has 1 aromatic carbocycles. The second-order valence-corrected chi connectivity index (χ2v) is 6.69. The molecule has 0 saturated heterocycles. The minimum Gasteiger partial charge on any atom is -0.352 e. The Hall–Kier alpha value is -2.13. The van der Waals surface area contributed by atoms with Crippen LogP contribution in [0.2, 0.25) is 0 Å². The van der Waals surface area contributed by atoms with Crippen LogP contribution in [0.5, 0.6) is 0 Å². The first-order valence-electron chi connectivity index (χ1n) is 6.04. The van der Waals surface area contributed by atoms with Gasteiger partial charge in [-0.2, -0.15) is 0 Å². The molecule has 3 amide bonds. The number of carbonyl (C=O) groups excluding carboxylic acids is 2. The Morgan fingerprint density at radius 2 is 1.90 bits per heavy atom. The molecule has 0 bridgehead atoms. The molecule has 0 unspecified atom stereocenters. The molecule has 1 aromatic rings. The smallest absolute Gasteiger partial charge is 0.312 e. The molecule has 0 saturated carbocycles. The molecule has 0 spiro atoms.